The summed E-state index contributed by atoms with van der Waals surface area (Å²) in [6, 6.07) is 9.30. The maximum absolute atomic E-state index is 13.0. The third-order valence-electron chi connectivity index (χ3n) is 5.81. The minimum absolute atomic E-state index is 0.0819. The first kappa shape index (κ1) is 18.7. The molecule has 0 atom stereocenters. The summed E-state index contributed by atoms with van der Waals surface area (Å²) >= 11 is 0. The predicted molar refractivity (Wildman–Crippen MR) is 110 cm³/mol. The highest BCUT2D eigenvalue weighted by atomic mass is 16.6. The van der Waals surface area contributed by atoms with E-state index in [1.54, 1.807) is 29.3 Å². The molecule has 0 aliphatic carbocycles. The van der Waals surface area contributed by atoms with Gasteiger partial charge in [0, 0.05) is 37.0 Å². The van der Waals surface area contributed by atoms with E-state index in [1.807, 2.05) is 29.7 Å². The number of benzene rings is 1. The van der Waals surface area contributed by atoms with Gasteiger partial charge < -0.3 is 18.8 Å². The third-order valence-corrected chi connectivity index (χ3v) is 5.81. The summed E-state index contributed by atoms with van der Waals surface area (Å²) in [7, 11) is 0. The van der Waals surface area contributed by atoms with Gasteiger partial charge in [0.05, 0.1) is 0 Å². The Morgan fingerprint density at radius 3 is 2.60 bits per heavy atom. The van der Waals surface area contributed by atoms with Crippen LogP contribution < -0.4 is 9.47 Å². The lowest BCUT2D eigenvalue weighted by atomic mass is 9.88. The van der Waals surface area contributed by atoms with E-state index in [0.29, 0.717) is 61.9 Å². The Labute approximate surface area is 174 Å². The highest BCUT2D eigenvalue weighted by Crippen LogP contribution is 2.32. The Morgan fingerprint density at radius 1 is 1.03 bits per heavy atom. The summed E-state index contributed by atoms with van der Waals surface area (Å²) in [6.07, 6.45) is 4.97. The Kier molecular flexibility index (Phi) is 4.65. The molecular weight excluding hydrogens is 382 g/mol. The molecule has 2 aliphatic rings. The highest BCUT2D eigenvalue weighted by molar-refractivity contribution is 5.99. The number of aryl methyl sites for hydroxylation is 1. The first-order chi connectivity index (χ1) is 14.6. The van der Waals surface area contributed by atoms with E-state index >= 15 is 0 Å². The second-order valence-electron chi connectivity index (χ2n) is 7.88. The second-order valence-corrected chi connectivity index (χ2v) is 7.88. The Balaban J connectivity index is 1.25. The molecule has 0 spiro atoms. The number of pyridine rings is 1. The van der Waals surface area contributed by atoms with Crippen LogP contribution >= 0.6 is 0 Å². The van der Waals surface area contributed by atoms with E-state index in [4.69, 9.17) is 9.47 Å². The van der Waals surface area contributed by atoms with E-state index in [1.165, 1.54) is 0 Å². The van der Waals surface area contributed by atoms with Crippen molar-refractivity contribution in [1.29, 1.82) is 0 Å². The molecule has 0 saturated carbocycles. The Morgan fingerprint density at radius 2 is 1.80 bits per heavy atom. The van der Waals surface area contributed by atoms with Crippen molar-refractivity contribution in [2.24, 2.45) is 5.92 Å². The van der Waals surface area contributed by atoms with Crippen LogP contribution in [0.4, 0.5) is 0 Å². The van der Waals surface area contributed by atoms with E-state index in [-0.39, 0.29) is 17.6 Å². The van der Waals surface area contributed by atoms with Crippen molar-refractivity contribution in [3.8, 4) is 11.5 Å². The number of nitrogens with zero attached hydrogens (tertiary/aromatic N) is 3. The molecule has 5 rings (SSSR count). The molecule has 2 aliphatic heterocycles. The average molecular weight is 405 g/mol. The van der Waals surface area contributed by atoms with Crippen molar-refractivity contribution < 1.29 is 19.1 Å². The molecule has 1 saturated heterocycles. The summed E-state index contributed by atoms with van der Waals surface area (Å²) < 4.78 is 13.0. The zero-order valence-corrected chi connectivity index (χ0v) is 16.8. The molecule has 2 aromatic heterocycles. The molecule has 154 valence electrons. The van der Waals surface area contributed by atoms with Crippen molar-refractivity contribution in [3.63, 3.8) is 0 Å². The van der Waals surface area contributed by atoms with Crippen LogP contribution in [-0.4, -0.2) is 52.3 Å². The number of piperidine rings is 1. The van der Waals surface area contributed by atoms with Gasteiger partial charge in [0.25, 0.3) is 5.91 Å². The summed E-state index contributed by atoms with van der Waals surface area (Å²) in [5, 5.41) is 0. The molecule has 0 unspecified atom stereocenters. The lowest BCUT2D eigenvalue weighted by Gasteiger charge is -2.31. The fraction of sp³-hybridized carbons (Fsp3) is 0.348. The number of fused-ring (bicyclic) bond motifs is 2. The van der Waals surface area contributed by atoms with Crippen LogP contribution in [-0.2, 0) is 0 Å². The fourth-order valence-corrected chi connectivity index (χ4v) is 4.13. The number of ether oxygens (including phenoxy) is 2. The number of carbonyl (C=O) groups excluding carboxylic acids is 2. The topological polar surface area (TPSA) is 73.1 Å². The SMILES string of the molecule is Cc1ccn2cc(C(=O)N3CCC(C(=O)c4ccc5c(c4)OCCO5)CC3)nc2c1. The third kappa shape index (κ3) is 3.40. The average Bonchev–Trinajstić information content (AvgIpc) is 3.21. The molecular formula is C23H23N3O4. The normalized spacial score (nSPS) is 16.6. The number of likely N-dealkylation sites (tertiary alicyclic amines) is 1. The monoisotopic (exact) mass is 405 g/mol. The summed E-state index contributed by atoms with van der Waals surface area (Å²) in [6.45, 7) is 4.12. The summed E-state index contributed by atoms with van der Waals surface area (Å²) in [4.78, 5) is 32.1. The molecule has 30 heavy (non-hydrogen) atoms. The van der Waals surface area contributed by atoms with Crippen LogP contribution in [0, 0.1) is 12.8 Å². The maximum atomic E-state index is 13.0. The Hall–Kier alpha value is -3.35. The van der Waals surface area contributed by atoms with Crippen molar-refractivity contribution in [2.45, 2.75) is 19.8 Å². The van der Waals surface area contributed by atoms with Gasteiger partial charge in [-0.15, -0.1) is 0 Å². The highest BCUT2D eigenvalue weighted by Gasteiger charge is 2.30. The number of aromatic nitrogens is 2. The van der Waals surface area contributed by atoms with Crippen molar-refractivity contribution in [3.05, 3.63) is 59.5 Å². The number of ketones is 1. The first-order valence-corrected chi connectivity index (χ1v) is 10.3. The molecule has 0 radical (unpaired) electrons. The van der Waals surface area contributed by atoms with Crippen LogP contribution in [0.25, 0.3) is 5.65 Å². The number of amides is 1. The van der Waals surface area contributed by atoms with Gasteiger partial charge >= 0.3 is 0 Å². The van der Waals surface area contributed by atoms with Gasteiger partial charge in [-0.05, 0) is 55.7 Å². The lowest BCUT2D eigenvalue weighted by Crippen LogP contribution is -2.40. The van der Waals surface area contributed by atoms with Crippen LogP contribution in [0.2, 0.25) is 0 Å². The molecule has 0 N–H and O–H groups in total. The molecule has 4 heterocycles. The van der Waals surface area contributed by atoms with Gasteiger partial charge in [-0.1, -0.05) is 0 Å². The van der Waals surface area contributed by atoms with Gasteiger partial charge in [-0.3, -0.25) is 9.59 Å². The van der Waals surface area contributed by atoms with Gasteiger partial charge in [-0.25, -0.2) is 4.98 Å². The zero-order valence-electron chi connectivity index (χ0n) is 16.8. The maximum Gasteiger partial charge on any atom is 0.274 e. The number of hydrogen-bond acceptors (Lipinski definition) is 5. The number of hydrogen-bond donors (Lipinski definition) is 0. The Bertz CT molecular complexity index is 1130. The van der Waals surface area contributed by atoms with Crippen LogP contribution in [0.15, 0.2) is 42.7 Å². The molecule has 3 aromatic rings. The van der Waals surface area contributed by atoms with E-state index in [2.05, 4.69) is 4.98 Å². The molecule has 1 aromatic carbocycles. The smallest absolute Gasteiger partial charge is 0.274 e. The van der Waals surface area contributed by atoms with Crippen LogP contribution in [0.1, 0.15) is 39.3 Å². The minimum Gasteiger partial charge on any atom is -0.486 e. The van der Waals surface area contributed by atoms with E-state index in [9.17, 15) is 9.59 Å². The first-order valence-electron chi connectivity index (χ1n) is 10.3. The molecule has 7 nitrogen and oxygen atoms in total. The van der Waals surface area contributed by atoms with E-state index in [0.717, 1.165) is 11.2 Å². The molecule has 1 fully saturated rings. The fourth-order valence-electron chi connectivity index (χ4n) is 4.13. The quantitative estimate of drug-likeness (QED) is 0.626. The van der Waals surface area contributed by atoms with Gasteiger partial charge in [0.2, 0.25) is 0 Å². The van der Waals surface area contributed by atoms with Gasteiger partial charge in [0.1, 0.15) is 24.6 Å². The van der Waals surface area contributed by atoms with Gasteiger partial charge in [0.15, 0.2) is 17.3 Å². The minimum atomic E-state index is -0.0969. The largest absolute Gasteiger partial charge is 0.486 e. The number of carbonyl (C=O) groups is 2. The van der Waals surface area contributed by atoms with Crippen LogP contribution in [0.5, 0.6) is 11.5 Å². The summed E-state index contributed by atoms with van der Waals surface area (Å²) in [5.74, 6) is 1.23. The lowest BCUT2D eigenvalue weighted by molar-refractivity contribution is 0.0646. The molecule has 1 amide bonds. The number of Topliss-reactive ketones (excluding diaryl/α,β-unsaturated/α-hetero) is 1. The van der Waals surface area contributed by atoms with Crippen molar-refractivity contribution >= 4 is 17.3 Å². The van der Waals surface area contributed by atoms with Crippen molar-refractivity contribution in [1.82, 2.24) is 14.3 Å². The predicted octanol–water partition coefficient (Wildman–Crippen LogP) is 3.15. The standard InChI is InChI=1S/C23H23N3O4/c1-15-4-7-26-14-18(24-21(26)12-15)23(28)25-8-5-16(6-9-25)22(27)17-2-3-19-20(13-17)30-11-10-29-19/h2-4,7,12-14,16H,5-6,8-11H2,1H3. The number of rotatable bonds is 3. The summed E-state index contributed by atoms with van der Waals surface area (Å²) in [5.41, 5.74) is 2.95. The molecule has 7 heteroatoms. The second kappa shape index (κ2) is 7.48. The zero-order chi connectivity index (χ0) is 20.7. The van der Waals surface area contributed by atoms with Crippen LogP contribution in [0.3, 0.4) is 0 Å². The molecule has 0 bridgehead atoms. The van der Waals surface area contributed by atoms with Gasteiger partial charge in [-0.2, -0.15) is 0 Å². The van der Waals surface area contributed by atoms with E-state index < -0.39 is 0 Å². The van der Waals surface area contributed by atoms with Crippen molar-refractivity contribution in [2.75, 3.05) is 26.3 Å². The number of imidazole rings is 1.